The van der Waals surface area contributed by atoms with E-state index in [9.17, 15) is 4.79 Å². The summed E-state index contributed by atoms with van der Waals surface area (Å²) in [4.78, 5) is 25.0. The van der Waals surface area contributed by atoms with Gasteiger partial charge in [0.15, 0.2) is 11.3 Å². The summed E-state index contributed by atoms with van der Waals surface area (Å²) in [5.74, 6) is -0.387. The molecule has 0 spiro atoms. The predicted octanol–water partition coefficient (Wildman–Crippen LogP) is 6.29. The summed E-state index contributed by atoms with van der Waals surface area (Å²) in [5, 5.41) is 15.7. The van der Waals surface area contributed by atoms with Crippen molar-refractivity contribution in [2.45, 2.75) is 71.8 Å². The molecule has 52 heavy (non-hydrogen) atoms. The lowest BCUT2D eigenvalue weighted by molar-refractivity contribution is 0.0904. The van der Waals surface area contributed by atoms with E-state index >= 15 is 4.39 Å². The number of nitrogens with one attached hydrogen (secondary N) is 3. The Bertz CT molecular complexity index is 2050. The Kier molecular flexibility index (Phi) is 11.0. The molecule has 272 valence electrons. The number of ether oxygens (including phenoxy) is 1. The molecule has 11 nitrogen and oxygen atoms in total. The molecule has 0 saturated carbocycles. The number of hydrogen-bond donors (Lipinski definition) is 3. The largest absolute Gasteiger partial charge is 0.444 e. The summed E-state index contributed by atoms with van der Waals surface area (Å²) >= 11 is 0. The number of carbonyl (C=O) groups is 1. The molecule has 0 aliphatic carbocycles. The van der Waals surface area contributed by atoms with Crippen molar-refractivity contribution in [3.05, 3.63) is 94.7 Å². The fourth-order valence-electron chi connectivity index (χ4n) is 7.08. The van der Waals surface area contributed by atoms with Gasteiger partial charge in [-0.15, -0.1) is 0 Å². The van der Waals surface area contributed by atoms with Crippen molar-refractivity contribution >= 4 is 34.8 Å². The van der Waals surface area contributed by atoms with Crippen LogP contribution in [-0.2, 0) is 30.8 Å². The summed E-state index contributed by atoms with van der Waals surface area (Å²) in [6.07, 6.45) is 9.48. The van der Waals surface area contributed by atoms with Gasteiger partial charge in [-0.05, 0) is 74.1 Å². The third kappa shape index (κ3) is 8.09. The lowest BCUT2D eigenvalue weighted by Crippen LogP contribution is -2.48. The van der Waals surface area contributed by atoms with Crippen LogP contribution in [-0.4, -0.2) is 75.5 Å². The summed E-state index contributed by atoms with van der Waals surface area (Å²) in [6, 6.07) is 13.7. The van der Waals surface area contributed by atoms with E-state index < -0.39 is 0 Å². The van der Waals surface area contributed by atoms with Crippen molar-refractivity contribution in [3.63, 3.8) is 0 Å². The highest BCUT2D eigenvalue weighted by molar-refractivity contribution is 5.96. The maximum atomic E-state index is 15.1. The second kappa shape index (κ2) is 16.2. The lowest BCUT2D eigenvalue weighted by Gasteiger charge is -2.31. The highest BCUT2D eigenvalue weighted by Gasteiger charge is 2.21. The molecule has 1 atom stereocenters. The standard InChI is InChI=1S/C40H47FN8O3/c1-4-35-31(38(45-30-13-17-51-18-14-30)33-22-44-49(5-2)39(33)47-35)10-12-37-46-36(25-52-37)40(50)43-21-27-9-11-34(41)32(20-27)29-8-6-7-28(19-29)24-48-16-15-42-26(3)23-48/h6-12,19-20,22,25-26,30,42H,4-5,13-18,21,23-24H2,1-3H3,(H,43,50)(H,45,47)/b12-10+. The SMILES string of the molecule is CCc1nc2c(cnn2CC)c(NC2CCOCC2)c1/C=C/c1nc(C(=O)NCc2ccc(F)c(-c3cccc(CN4CCNC(C)C4)c3)c2)co1. The van der Waals surface area contributed by atoms with E-state index in [2.05, 4.69) is 63.8 Å². The van der Waals surface area contributed by atoms with Crippen LogP contribution in [0.3, 0.4) is 0 Å². The first kappa shape index (κ1) is 35.5. The Morgan fingerprint density at radius 2 is 1.96 bits per heavy atom. The number of aryl methyl sites for hydroxylation is 2. The minimum Gasteiger partial charge on any atom is -0.444 e. The van der Waals surface area contributed by atoms with Gasteiger partial charge >= 0.3 is 0 Å². The van der Waals surface area contributed by atoms with Gasteiger partial charge in [-0.1, -0.05) is 31.2 Å². The quantitative estimate of drug-likeness (QED) is 0.137. The number of benzene rings is 2. The highest BCUT2D eigenvalue weighted by Crippen LogP contribution is 2.33. The molecule has 7 rings (SSSR count). The zero-order valence-corrected chi connectivity index (χ0v) is 30.1. The second-order valence-electron chi connectivity index (χ2n) is 13.6. The second-order valence-corrected chi connectivity index (χ2v) is 13.6. The topological polar surface area (TPSA) is 122 Å². The number of amides is 1. The van der Waals surface area contributed by atoms with E-state index in [1.54, 1.807) is 18.2 Å². The number of carbonyl (C=O) groups excluding carboxylic acids is 1. The van der Waals surface area contributed by atoms with E-state index in [1.165, 1.54) is 12.3 Å². The predicted molar refractivity (Wildman–Crippen MR) is 201 cm³/mol. The summed E-state index contributed by atoms with van der Waals surface area (Å²) in [7, 11) is 0. The van der Waals surface area contributed by atoms with E-state index in [0.717, 1.165) is 110 Å². The van der Waals surface area contributed by atoms with Gasteiger partial charge in [0.2, 0.25) is 5.89 Å². The Labute approximate surface area is 303 Å². The number of halogens is 1. The lowest BCUT2D eigenvalue weighted by atomic mass is 10.00. The van der Waals surface area contributed by atoms with Crippen molar-refractivity contribution in [1.29, 1.82) is 0 Å². The average molecular weight is 707 g/mol. The first-order valence-electron chi connectivity index (χ1n) is 18.4. The number of nitrogens with zero attached hydrogens (tertiary/aromatic N) is 5. The van der Waals surface area contributed by atoms with Crippen LogP contribution < -0.4 is 16.0 Å². The van der Waals surface area contributed by atoms with Crippen molar-refractivity contribution in [3.8, 4) is 11.1 Å². The molecule has 1 amide bonds. The number of oxazole rings is 1. The average Bonchev–Trinajstić information content (AvgIpc) is 3.81. The molecular formula is C40H47FN8O3. The van der Waals surface area contributed by atoms with Crippen LogP contribution in [0.25, 0.3) is 34.3 Å². The number of fused-ring (bicyclic) bond motifs is 1. The Morgan fingerprint density at radius 3 is 2.77 bits per heavy atom. The van der Waals surface area contributed by atoms with Gasteiger partial charge in [0.1, 0.15) is 12.1 Å². The van der Waals surface area contributed by atoms with Gasteiger partial charge in [-0.2, -0.15) is 5.10 Å². The molecule has 2 aliphatic rings. The van der Waals surface area contributed by atoms with Crippen molar-refractivity contribution in [2.75, 3.05) is 38.2 Å². The molecule has 2 aromatic carbocycles. The molecular weight excluding hydrogens is 659 g/mol. The monoisotopic (exact) mass is 706 g/mol. The van der Waals surface area contributed by atoms with Crippen LogP contribution in [0.4, 0.5) is 10.1 Å². The molecule has 5 aromatic rings. The Morgan fingerprint density at radius 1 is 1.10 bits per heavy atom. The zero-order chi connectivity index (χ0) is 36.0. The molecule has 12 heteroatoms. The van der Waals surface area contributed by atoms with E-state index in [1.807, 2.05) is 29.1 Å². The van der Waals surface area contributed by atoms with Crippen molar-refractivity contribution in [2.24, 2.45) is 0 Å². The van der Waals surface area contributed by atoms with Crippen LogP contribution in [0.15, 0.2) is 59.3 Å². The van der Waals surface area contributed by atoms with Crippen LogP contribution in [0.5, 0.6) is 0 Å². The van der Waals surface area contributed by atoms with Gasteiger partial charge < -0.3 is 25.1 Å². The van der Waals surface area contributed by atoms with Crippen molar-refractivity contribution < 1.29 is 18.3 Å². The van der Waals surface area contributed by atoms with Gasteiger partial charge in [-0.25, -0.2) is 19.0 Å². The highest BCUT2D eigenvalue weighted by atomic mass is 19.1. The molecule has 1 unspecified atom stereocenters. The smallest absolute Gasteiger partial charge is 0.273 e. The van der Waals surface area contributed by atoms with Gasteiger partial charge in [-0.3, -0.25) is 9.69 Å². The number of pyridine rings is 1. The van der Waals surface area contributed by atoms with Crippen LogP contribution in [0.2, 0.25) is 0 Å². The summed E-state index contributed by atoms with van der Waals surface area (Å²) in [6.45, 7) is 12.4. The molecule has 3 aromatic heterocycles. The first-order valence-corrected chi connectivity index (χ1v) is 18.4. The molecule has 3 N–H and O–H groups in total. The molecule has 2 saturated heterocycles. The van der Waals surface area contributed by atoms with Crippen molar-refractivity contribution in [1.82, 2.24) is 35.3 Å². The fourth-order valence-corrected chi connectivity index (χ4v) is 7.08. The van der Waals surface area contributed by atoms with Gasteiger partial charge in [0, 0.05) is 81.8 Å². The van der Waals surface area contributed by atoms with E-state index in [0.29, 0.717) is 17.5 Å². The van der Waals surface area contributed by atoms with Crippen LogP contribution in [0.1, 0.15) is 72.4 Å². The Balaban J connectivity index is 1.04. The molecule has 2 aliphatic heterocycles. The maximum absolute atomic E-state index is 15.1. The Hall–Kier alpha value is -4.91. The summed E-state index contributed by atoms with van der Waals surface area (Å²) < 4.78 is 28.3. The van der Waals surface area contributed by atoms with Crippen LogP contribution in [0, 0.1) is 5.82 Å². The first-order chi connectivity index (χ1) is 25.4. The third-order valence-corrected chi connectivity index (χ3v) is 9.83. The molecule has 0 radical (unpaired) electrons. The normalized spacial score (nSPS) is 17.3. The number of anilines is 1. The van der Waals surface area contributed by atoms with Gasteiger partial charge in [0.25, 0.3) is 5.91 Å². The van der Waals surface area contributed by atoms with Gasteiger partial charge in [0.05, 0.1) is 23.0 Å². The number of piperazine rings is 1. The molecule has 0 bridgehead atoms. The van der Waals surface area contributed by atoms with E-state index in [-0.39, 0.29) is 30.0 Å². The van der Waals surface area contributed by atoms with Crippen LogP contribution >= 0.6 is 0 Å². The minimum absolute atomic E-state index is 0.158. The zero-order valence-electron chi connectivity index (χ0n) is 30.1. The molecule has 2 fully saturated rings. The molecule has 5 heterocycles. The maximum Gasteiger partial charge on any atom is 0.273 e. The van der Waals surface area contributed by atoms with E-state index in [4.69, 9.17) is 14.1 Å². The minimum atomic E-state index is -0.382. The number of rotatable bonds is 12. The fraction of sp³-hybridized carbons (Fsp3) is 0.400. The third-order valence-electron chi connectivity index (χ3n) is 9.83. The number of hydrogen-bond acceptors (Lipinski definition) is 9. The summed E-state index contributed by atoms with van der Waals surface area (Å²) in [5.41, 5.74) is 7.09. The number of aromatic nitrogens is 4.